The number of carbonyl (C=O) groups is 1. The van der Waals surface area contributed by atoms with E-state index in [0.717, 1.165) is 16.7 Å². The molecule has 0 aliphatic rings. The Labute approximate surface area is 169 Å². The minimum atomic E-state index is -3.69. The molecule has 0 spiro atoms. The van der Waals surface area contributed by atoms with E-state index in [9.17, 15) is 13.2 Å². The third kappa shape index (κ3) is 6.41. The lowest BCUT2D eigenvalue weighted by atomic mass is 10.1. The maximum atomic E-state index is 12.0. The fourth-order valence-corrected chi connectivity index (χ4v) is 3.24. The average molecular weight is 410 g/mol. The molecule has 29 heavy (non-hydrogen) atoms. The third-order valence-electron chi connectivity index (χ3n) is 4.23. The summed E-state index contributed by atoms with van der Waals surface area (Å²) in [5, 5.41) is 12.2. The van der Waals surface area contributed by atoms with Gasteiger partial charge in [0.25, 0.3) is 0 Å². The number of rotatable bonds is 8. The van der Waals surface area contributed by atoms with E-state index in [2.05, 4.69) is 10.4 Å². The van der Waals surface area contributed by atoms with Crippen LogP contribution in [0.15, 0.2) is 78.0 Å². The molecule has 0 unspecified atom stereocenters. The second kappa shape index (κ2) is 9.31. The van der Waals surface area contributed by atoms with Crippen molar-refractivity contribution < 1.29 is 13.2 Å². The predicted octanol–water partition coefficient (Wildman–Crippen LogP) is 1.95. The quantitative estimate of drug-likeness (QED) is 0.554. The van der Waals surface area contributed by atoms with Crippen molar-refractivity contribution in [3.63, 3.8) is 0 Å². The smallest absolute Gasteiger partial charge is 0.244 e. The number of nitrogens with zero attached hydrogens (tertiary/aromatic N) is 2. The summed E-state index contributed by atoms with van der Waals surface area (Å²) in [6.45, 7) is 1.11. The van der Waals surface area contributed by atoms with Gasteiger partial charge in [-0.05, 0) is 35.8 Å². The molecule has 0 saturated heterocycles. The van der Waals surface area contributed by atoms with Crippen LogP contribution >= 0.6 is 0 Å². The molecule has 0 fully saturated rings. The number of carbonyl (C=O) groups excluding carboxylic acids is 1. The molecular weight excluding hydrogens is 388 g/mol. The highest BCUT2D eigenvalue weighted by Gasteiger charge is 2.06. The zero-order chi connectivity index (χ0) is 20.7. The van der Waals surface area contributed by atoms with Crippen molar-refractivity contribution >= 4 is 22.0 Å². The van der Waals surface area contributed by atoms with Crippen LogP contribution in [-0.4, -0.2) is 30.7 Å². The van der Waals surface area contributed by atoms with E-state index < -0.39 is 10.0 Å². The number of amides is 1. The molecular formula is C21H22N4O3S. The highest BCUT2D eigenvalue weighted by atomic mass is 32.2. The van der Waals surface area contributed by atoms with Crippen LogP contribution < -0.4 is 10.5 Å². The Balaban J connectivity index is 1.45. The van der Waals surface area contributed by atoms with Crippen LogP contribution in [0.25, 0.3) is 6.08 Å². The Bertz CT molecular complexity index is 1090. The molecule has 0 aliphatic heterocycles. The first-order valence-electron chi connectivity index (χ1n) is 9.04. The van der Waals surface area contributed by atoms with Crippen LogP contribution in [0.3, 0.4) is 0 Å². The van der Waals surface area contributed by atoms with E-state index in [1.807, 2.05) is 41.2 Å². The maximum absolute atomic E-state index is 12.0. The molecule has 3 N–H and O–H groups in total. The molecule has 0 aliphatic carbocycles. The summed E-state index contributed by atoms with van der Waals surface area (Å²) in [7, 11) is -3.69. The van der Waals surface area contributed by atoms with Crippen molar-refractivity contribution in [1.29, 1.82) is 0 Å². The van der Waals surface area contributed by atoms with Crippen LogP contribution in [0, 0.1) is 0 Å². The SMILES string of the molecule is NS(=O)(=O)c1ccc(CCNC(=O)/C=C/c2cnn(Cc3ccccc3)c2)cc1. The molecule has 0 radical (unpaired) electrons. The average Bonchev–Trinajstić information content (AvgIpc) is 3.14. The van der Waals surface area contributed by atoms with Crippen LogP contribution in [0.4, 0.5) is 0 Å². The number of nitrogens with one attached hydrogen (secondary N) is 1. The van der Waals surface area contributed by atoms with E-state index in [4.69, 9.17) is 5.14 Å². The van der Waals surface area contributed by atoms with E-state index in [0.29, 0.717) is 19.5 Å². The second-order valence-electron chi connectivity index (χ2n) is 6.52. The zero-order valence-corrected chi connectivity index (χ0v) is 16.5. The molecule has 8 heteroatoms. The summed E-state index contributed by atoms with van der Waals surface area (Å²) in [6, 6.07) is 16.3. The summed E-state index contributed by atoms with van der Waals surface area (Å²) in [5.74, 6) is -0.207. The lowest BCUT2D eigenvalue weighted by Gasteiger charge is -2.04. The molecule has 0 saturated carbocycles. The van der Waals surface area contributed by atoms with Gasteiger partial charge in [0.1, 0.15) is 0 Å². The van der Waals surface area contributed by atoms with Gasteiger partial charge in [-0.2, -0.15) is 5.10 Å². The summed E-state index contributed by atoms with van der Waals surface area (Å²) >= 11 is 0. The first-order valence-corrected chi connectivity index (χ1v) is 10.6. The van der Waals surface area contributed by atoms with Crippen molar-refractivity contribution in [2.45, 2.75) is 17.9 Å². The largest absolute Gasteiger partial charge is 0.352 e. The molecule has 1 aromatic heterocycles. The Morgan fingerprint density at radius 3 is 2.48 bits per heavy atom. The highest BCUT2D eigenvalue weighted by Crippen LogP contribution is 2.09. The standard InChI is InChI=1S/C21H22N4O3S/c22-29(27,28)20-9-6-17(7-10-20)12-13-23-21(26)11-8-19-14-24-25(16-19)15-18-4-2-1-3-5-18/h1-11,14,16H,12-13,15H2,(H,23,26)(H2,22,27,28)/b11-8+. The van der Waals surface area contributed by atoms with Crippen molar-refractivity contribution in [2.24, 2.45) is 5.14 Å². The monoisotopic (exact) mass is 410 g/mol. The summed E-state index contributed by atoms with van der Waals surface area (Å²) in [5.41, 5.74) is 2.90. The minimum absolute atomic E-state index is 0.0704. The molecule has 0 bridgehead atoms. The topological polar surface area (TPSA) is 107 Å². The lowest BCUT2D eigenvalue weighted by Crippen LogP contribution is -2.23. The van der Waals surface area contributed by atoms with Gasteiger partial charge in [-0.15, -0.1) is 0 Å². The number of benzene rings is 2. The van der Waals surface area contributed by atoms with Crippen molar-refractivity contribution in [3.05, 3.63) is 89.8 Å². The first kappa shape index (κ1) is 20.5. The van der Waals surface area contributed by atoms with E-state index in [1.165, 1.54) is 18.2 Å². The first-order chi connectivity index (χ1) is 13.9. The number of hydrogen-bond acceptors (Lipinski definition) is 4. The van der Waals surface area contributed by atoms with Gasteiger partial charge in [0.05, 0.1) is 17.6 Å². The number of primary sulfonamides is 1. The van der Waals surface area contributed by atoms with Gasteiger partial charge in [-0.1, -0.05) is 42.5 Å². The second-order valence-corrected chi connectivity index (χ2v) is 8.08. The molecule has 1 heterocycles. The van der Waals surface area contributed by atoms with Gasteiger partial charge in [0, 0.05) is 24.4 Å². The zero-order valence-electron chi connectivity index (χ0n) is 15.7. The number of nitrogens with two attached hydrogens (primary N) is 1. The number of hydrogen-bond donors (Lipinski definition) is 2. The van der Waals surface area contributed by atoms with Crippen LogP contribution in [0.5, 0.6) is 0 Å². The summed E-state index contributed by atoms with van der Waals surface area (Å²) in [4.78, 5) is 12.0. The molecule has 3 rings (SSSR count). The van der Waals surface area contributed by atoms with Gasteiger partial charge in [0.15, 0.2) is 0 Å². The van der Waals surface area contributed by atoms with Gasteiger partial charge in [-0.3, -0.25) is 9.48 Å². The molecule has 1 amide bonds. The predicted molar refractivity (Wildman–Crippen MR) is 111 cm³/mol. The molecule has 150 valence electrons. The van der Waals surface area contributed by atoms with Crippen LogP contribution in [0.2, 0.25) is 0 Å². The molecule has 0 atom stereocenters. The van der Waals surface area contributed by atoms with Crippen molar-refractivity contribution in [3.8, 4) is 0 Å². The Kier molecular flexibility index (Phi) is 6.58. The Morgan fingerprint density at radius 2 is 1.79 bits per heavy atom. The Hall–Kier alpha value is -3.23. The minimum Gasteiger partial charge on any atom is -0.352 e. The summed E-state index contributed by atoms with van der Waals surface area (Å²) < 4.78 is 24.3. The van der Waals surface area contributed by atoms with Crippen LogP contribution in [-0.2, 0) is 27.8 Å². The fraction of sp³-hybridized carbons (Fsp3) is 0.143. The van der Waals surface area contributed by atoms with Crippen LogP contribution in [0.1, 0.15) is 16.7 Å². The van der Waals surface area contributed by atoms with Gasteiger partial charge in [-0.25, -0.2) is 13.6 Å². The summed E-state index contributed by atoms with van der Waals surface area (Å²) in [6.07, 6.45) is 7.35. The number of aromatic nitrogens is 2. The fourth-order valence-electron chi connectivity index (χ4n) is 2.73. The Morgan fingerprint density at radius 1 is 1.07 bits per heavy atom. The third-order valence-corrected chi connectivity index (χ3v) is 5.16. The molecule has 2 aromatic carbocycles. The molecule has 3 aromatic rings. The maximum Gasteiger partial charge on any atom is 0.244 e. The highest BCUT2D eigenvalue weighted by molar-refractivity contribution is 7.89. The van der Waals surface area contributed by atoms with E-state index in [-0.39, 0.29) is 10.8 Å². The van der Waals surface area contributed by atoms with Gasteiger partial charge in [0.2, 0.25) is 15.9 Å². The number of sulfonamides is 1. The lowest BCUT2D eigenvalue weighted by molar-refractivity contribution is -0.116. The van der Waals surface area contributed by atoms with Crippen molar-refractivity contribution in [1.82, 2.24) is 15.1 Å². The molecule has 7 nitrogen and oxygen atoms in total. The van der Waals surface area contributed by atoms with Crippen molar-refractivity contribution in [2.75, 3.05) is 6.54 Å². The van der Waals surface area contributed by atoms with Gasteiger partial charge >= 0.3 is 0 Å². The van der Waals surface area contributed by atoms with E-state index in [1.54, 1.807) is 24.4 Å². The van der Waals surface area contributed by atoms with E-state index >= 15 is 0 Å². The normalized spacial score (nSPS) is 11.6. The van der Waals surface area contributed by atoms with Gasteiger partial charge < -0.3 is 5.32 Å².